The first kappa shape index (κ1) is 18.3. The highest BCUT2D eigenvalue weighted by Crippen LogP contribution is 2.31. The van der Waals surface area contributed by atoms with Crippen LogP contribution in [0.3, 0.4) is 0 Å². The molecule has 1 fully saturated rings. The summed E-state index contributed by atoms with van der Waals surface area (Å²) in [5.41, 5.74) is 2.11. The smallest absolute Gasteiger partial charge is 0.429 e. The number of hydrogen-bond donors (Lipinski definition) is 0. The Morgan fingerprint density at radius 1 is 1.08 bits per heavy atom. The SMILES string of the molecule is Cc1ccc(C(=O)OOOC(=O)OC2CCCC(C)C2C)c(C)c1. The topological polar surface area (TPSA) is 71.1 Å². The number of aryl methyl sites for hydroxylation is 2. The van der Waals surface area contributed by atoms with Crippen LogP contribution in [-0.4, -0.2) is 18.2 Å². The first-order valence-corrected chi connectivity index (χ1v) is 8.22. The summed E-state index contributed by atoms with van der Waals surface area (Å²) in [6.45, 7) is 7.88. The highest BCUT2D eigenvalue weighted by atomic mass is 17.5. The molecule has 1 aromatic rings. The molecule has 0 bridgehead atoms. The molecule has 2 rings (SSSR count). The van der Waals surface area contributed by atoms with E-state index >= 15 is 0 Å². The van der Waals surface area contributed by atoms with E-state index in [2.05, 4.69) is 21.7 Å². The fraction of sp³-hybridized carbons (Fsp3) is 0.556. The number of ether oxygens (including phenoxy) is 1. The fourth-order valence-electron chi connectivity index (χ4n) is 3.01. The predicted octanol–water partition coefficient (Wildman–Crippen LogP) is 4.28. The van der Waals surface area contributed by atoms with E-state index in [4.69, 9.17) is 4.74 Å². The van der Waals surface area contributed by atoms with Crippen molar-refractivity contribution >= 4 is 12.1 Å². The van der Waals surface area contributed by atoms with Crippen LogP contribution in [0.4, 0.5) is 4.79 Å². The van der Waals surface area contributed by atoms with Crippen LogP contribution in [-0.2, 0) is 19.6 Å². The first-order chi connectivity index (χ1) is 11.4. The molecule has 0 amide bonds. The Balaban J connectivity index is 1.77. The molecule has 1 aromatic carbocycles. The van der Waals surface area contributed by atoms with Crippen LogP contribution in [0.1, 0.15) is 54.6 Å². The van der Waals surface area contributed by atoms with Gasteiger partial charge in [-0.1, -0.05) is 38.0 Å². The van der Waals surface area contributed by atoms with Crippen molar-refractivity contribution in [2.75, 3.05) is 0 Å². The number of carbonyl (C=O) groups is 2. The van der Waals surface area contributed by atoms with Gasteiger partial charge < -0.3 is 4.74 Å². The van der Waals surface area contributed by atoms with Crippen molar-refractivity contribution in [3.8, 4) is 0 Å². The third kappa shape index (κ3) is 4.71. The Morgan fingerprint density at radius 3 is 2.54 bits per heavy atom. The van der Waals surface area contributed by atoms with Gasteiger partial charge in [0.2, 0.25) is 0 Å². The molecule has 3 unspecified atom stereocenters. The molecule has 132 valence electrons. The van der Waals surface area contributed by atoms with Crippen molar-refractivity contribution in [3.05, 3.63) is 34.9 Å². The van der Waals surface area contributed by atoms with Gasteiger partial charge in [0.25, 0.3) is 0 Å². The molecule has 0 aromatic heterocycles. The second kappa shape index (κ2) is 8.15. The van der Waals surface area contributed by atoms with E-state index in [1.54, 1.807) is 19.1 Å². The maximum Gasteiger partial charge on any atom is 0.543 e. The lowest BCUT2D eigenvalue weighted by atomic mass is 9.79. The minimum atomic E-state index is -1.01. The van der Waals surface area contributed by atoms with Crippen LogP contribution in [0, 0.1) is 25.7 Å². The van der Waals surface area contributed by atoms with Gasteiger partial charge in [0.15, 0.2) is 0 Å². The summed E-state index contributed by atoms with van der Waals surface area (Å²) in [5, 5.41) is 4.28. The molecule has 6 nitrogen and oxygen atoms in total. The molecule has 0 heterocycles. The van der Waals surface area contributed by atoms with Crippen molar-refractivity contribution < 1.29 is 29.1 Å². The normalized spacial score (nSPS) is 23.4. The zero-order valence-electron chi connectivity index (χ0n) is 14.5. The lowest BCUT2D eigenvalue weighted by Gasteiger charge is -2.32. The zero-order chi connectivity index (χ0) is 17.7. The second-order valence-electron chi connectivity index (χ2n) is 6.51. The highest BCUT2D eigenvalue weighted by molar-refractivity contribution is 5.90. The largest absolute Gasteiger partial charge is 0.543 e. The van der Waals surface area contributed by atoms with Crippen molar-refractivity contribution in [1.29, 1.82) is 0 Å². The molecule has 0 N–H and O–H groups in total. The third-order valence-corrected chi connectivity index (χ3v) is 4.69. The van der Waals surface area contributed by atoms with Gasteiger partial charge in [0.1, 0.15) is 6.10 Å². The summed E-state index contributed by atoms with van der Waals surface area (Å²) < 4.78 is 5.22. The number of carbonyl (C=O) groups excluding carboxylic acids is 2. The van der Waals surface area contributed by atoms with E-state index < -0.39 is 12.1 Å². The predicted molar refractivity (Wildman–Crippen MR) is 85.9 cm³/mol. The summed E-state index contributed by atoms with van der Waals surface area (Å²) in [7, 11) is 0. The summed E-state index contributed by atoms with van der Waals surface area (Å²) in [6.07, 6.45) is 1.71. The van der Waals surface area contributed by atoms with Gasteiger partial charge in [0.05, 0.1) is 10.6 Å². The summed E-state index contributed by atoms with van der Waals surface area (Å²) in [5.74, 6) is 0.00354. The molecular weight excluding hydrogens is 312 g/mol. The number of hydrogen-bond acceptors (Lipinski definition) is 6. The van der Waals surface area contributed by atoms with Gasteiger partial charge in [-0.15, -0.1) is 0 Å². The standard InChI is InChI=1S/C18H24O6/c1-11-8-9-15(13(3)10-11)17(19)22-24-23-18(20)21-16-7-5-6-12(2)14(16)4/h8-10,12,14,16H,5-7H2,1-4H3. The molecule has 1 aliphatic carbocycles. The Kier molecular flexibility index (Phi) is 6.20. The number of benzene rings is 1. The lowest BCUT2D eigenvalue weighted by Crippen LogP contribution is -2.33. The van der Waals surface area contributed by atoms with Gasteiger partial charge in [-0.3, -0.25) is 4.89 Å². The van der Waals surface area contributed by atoms with E-state index in [0.29, 0.717) is 11.5 Å². The lowest BCUT2D eigenvalue weighted by molar-refractivity contribution is -0.453. The molecular formula is C18H24O6. The van der Waals surface area contributed by atoms with Crippen LogP contribution in [0.25, 0.3) is 0 Å². The summed E-state index contributed by atoms with van der Waals surface area (Å²) >= 11 is 0. The quantitative estimate of drug-likeness (QED) is 0.464. The van der Waals surface area contributed by atoms with Crippen LogP contribution < -0.4 is 0 Å². The summed E-state index contributed by atoms with van der Waals surface area (Å²) in [4.78, 5) is 32.4. The maximum atomic E-state index is 11.9. The molecule has 0 radical (unpaired) electrons. The van der Waals surface area contributed by atoms with Gasteiger partial charge in [-0.05, 0) is 50.2 Å². The Labute approximate surface area is 141 Å². The van der Waals surface area contributed by atoms with Crippen molar-refractivity contribution in [3.63, 3.8) is 0 Å². The molecule has 1 aliphatic rings. The second-order valence-corrected chi connectivity index (χ2v) is 6.51. The molecule has 24 heavy (non-hydrogen) atoms. The average molecular weight is 336 g/mol. The molecule has 0 aliphatic heterocycles. The van der Waals surface area contributed by atoms with Gasteiger partial charge in [-0.25, -0.2) is 14.5 Å². The fourth-order valence-corrected chi connectivity index (χ4v) is 3.01. The minimum Gasteiger partial charge on any atom is -0.429 e. The third-order valence-electron chi connectivity index (χ3n) is 4.69. The average Bonchev–Trinajstić information content (AvgIpc) is 2.51. The van der Waals surface area contributed by atoms with E-state index in [1.165, 1.54) is 0 Å². The van der Waals surface area contributed by atoms with E-state index in [-0.39, 0.29) is 12.0 Å². The van der Waals surface area contributed by atoms with Gasteiger partial charge >= 0.3 is 12.1 Å². The van der Waals surface area contributed by atoms with Crippen LogP contribution >= 0.6 is 0 Å². The van der Waals surface area contributed by atoms with Crippen LogP contribution in [0.15, 0.2) is 18.2 Å². The zero-order valence-corrected chi connectivity index (χ0v) is 14.5. The molecule has 0 spiro atoms. The van der Waals surface area contributed by atoms with E-state index in [0.717, 1.165) is 30.4 Å². The number of rotatable bonds is 4. The Morgan fingerprint density at radius 2 is 1.83 bits per heavy atom. The van der Waals surface area contributed by atoms with Crippen molar-refractivity contribution in [2.24, 2.45) is 11.8 Å². The Bertz CT molecular complexity index is 597. The maximum absolute atomic E-state index is 11.9. The van der Waals surface area contributed by atoms with Crippen LogP contribution in [0.2, 0.25) is 0 Å². The summed E-state index contributed by atoms with van der Waals surface area (Å²) in [6, 6.07) is 5.25. The highest BCUT2D eigenvalue weighted by Gasteiger charge is 2.30. The Hall–Kier alpha value is -2.08. The molecule has 0 saturated heterocycles. The van der Waals surface area contributed by atoms with Crippen LogP contribution in [0.5, 0.6) is 0 Å². The molecule has 3 atom stereocenters. The van der Waals surface area contributed by atoms with Crippen molar-refractivity contribution in [1.82, 2.24) is 0 Å². The molecule has 1 saturated carbocycles. The van der Waals surface area contributed by atoms with E-state index in [9.17, 15) is 9.59 Å². The van der Waals surface area contributed by atoms with Gasteiger partial charge in [0, 0.05) is 0 Å². The van der Waals surface area contributed by atoms with Gasteiger partial charge in [-0.2, -0.15) is 0 Å². The van der Waals surface area contributed by atoms with Crippen molar-refractivity contribution in [2.45, 2.75) is 53.1 Å². The minimum absolute atomic E-state index is 0.208. The monoisotopic (exact) mass is 336 g/mol. The molecule has 6 heteroatoms. The first-order valence-electron chi connectivity index (χ1n) is 8.22. The van der Waals surface area contributed by atoms with E-state index in [1.807, 2.05) is 19.9 Å².